The number of thiazole rings is 1. The summed E-state index contributed by atoms with van der Waals surface area (Å²) < 4.78 is 39.6. The Bertz CT molecular complexity index is 811. The molecule has 5 nitrogen and oxygen atoms in total. The Morgan fingerprint density at radius 3 is 2.91 bits per heavy atom. The zero-order valence-corrected chi connectivity index (χ0v) is 12.4. The first-order valence-electron chi connectivity index (χ1n) is 6.55. The molecule has 0 unspecified atom stereocenters. The van der Waals surface area contributed by atoms with E-state index in [0.717, 1.165) is 17.1 Å². The van der Waals surface area contributed by atoms with Crippen LogP contribution in [0.1, 0.15) is 11.3 Å². The highest BCUT2D eigenvalue weighted by Crippen LogP contribution is 2.30. The molecule has 0 saturated carbocycles. The van der Waals surface area contributed by atoms with Gasteiger partial charge in [-0.15, -0.1) is 11.3 Å². The first-order valence-corrected chi connectivity index (χ1v) is 7.43. The molecule has 1 amide bonds. The van der Waals surface area contributed by atoms with Gasteiger partial charge in [0.2, 0.25) is 5.91 Å². The fraction of sp³-hybridized carbons (Fsp3) is 0.143. The van der Waals surface area contributed by atoms with E-state index in [1.165, 1.54) is 23.5 Å². The van der Waals surface area contributed by atoms with Crippen molar-refractivity contribution in [2.75, 3.05) is 5.43 Å². The van der Waals surface area contributed by atoms with E-state index in [1.807, 2.05) is 11.6 Å². The van der Waals surface area contributed by atoms with Gasteiger partial charge in [-0.05, 0) is 18.2 Å². The molecular weight excluding hydrogens is 329 g/mol. The van der Waals surface area contributed by atoms with E-state index in [0.29, 0.717) is 5.69 Å². The van der Waals surface area contributed by atoms with Gasteiger partial charge in [0.25, 0.3) is 0 Å². The summed E-state index contributed by atoms with van der Waals surface area (Å²) in [6, 6.07) is 4.58. The number of anilines is 1. The predicted molar refractivity (Wildman–Crippen MR) is 80.0 cm³/mol. The van der Waals surface area contributed by atoms with Crippen LogP contribution in [-0.2, 0) is 17.4 Å². The highest BCUT2D eigenvalue weighted by atomic mass is 32.1. The predicted octanol–water partition coefficient (Wildman–Crippen LogP) is 3.10. The van der Waals surface area contributed by atoms with Gasteiger partial charge in [0.05, 0.1) is 23.4 Å². The molecule has 0 atom stereocenters. The number of carbonyl (C=O) groups excluding carboxylic acids is 1. The smallest absolute Gasteiger partial charge is 0.299 e. The van der Waals surface area contributed by atoms with Gasteiger partial charge < -0.3 is 0 Å². The van der Waals surface area contributed by atoms with Gasteiger partial charge in [-0.25, -0.2) is 4.98 Å². The quantitative estimate of drug-likeness (QED) is 0.718. The molecular formula is C14H11F3N4OS. The third-order valence-corrected chi connectivity index (χ3v) is 3.79. The van der Waals surface area contributed by atoms with Crippen LogP contribution >= 0.6 is 11.3 Å². The molecule has 0 fully saturated rings. The van der Waals surface area contributed by atoms with Gasteiger partial charge in [0, 0.05) is 17.8 Å². The third kappa shape index (κ3) is 3.62. The van der Waals surface area contributed by atoms with E-state index >= 15 is 0 Å². The highest BCUT2D eigenvalue weighted by molar-refractivity contribution is 7.15. The second-order valence-corrected chi connectivity index (χ2v) is 5.63. The first kappa shape index (κ1) is 15.3. The van der Waals surface area contributed by atoms with Crippen LogP contribution in [0.5, 0.6) is 0 Å². The molecule has 2 aromatic heterocycles. The van der Waals surface area contributed by atoms with Crippen molar-refractivity contribution in [2.24, 2.45) is 0 Å². The van der Waals surface area contributed by atoms with E-state index in [4.69, 9.17) is 0 Å². The van der Waals surface area contributed by atoms with Crippen LogP contribution in [0.25, 0.3) is 4.96 Å². The number of imidazole rings is 1. The van der Waals surface area contributed by atoms with Crippen LogP contribution in [0.15, 0.2) is 42.0 Å². The van der Waals surface area contributed by atoms with Crippen molar-refractivity contribution in [3.63, 3.8) is 0 Å². The highest BCUT2D eigenvalue weighted by Gasteiger charge is 2.30. The van der Waals surface area contributed by atoms with Gasteiger partial charge in [0.1, 0.15) is 0 Å². The maximum atomic E-state index is 12.6. The Morgan fingerprint density at radius 1 is 1.35 bits per heavy atom. The van der Waals surface area contributed by atoms with E-state index in [1.54, 1.807) is 10.6 Å². The number of benzene rings is 1. The largest absolute Gasteiger partial charge is 0.416 e. The number of hydrogen-bond donors (Lipinski definition) is 2. The van der Waals surface area contributed by atoms with Crippen LogP contribution in [0.3, 0.4) is 0 Å². The molecule has 2 N–H and O–H groups in total. The van der Waals surface area contributed by atoms with Crippen molar-refractivity contribution in [2.45, 2.75) is 12.6 Å². The first-order chi connectivity index (χ1) is 10.9. The summed E-state index contributed by atoms with van der Waals surface area (Å²) in [5.41, 5.74) is 4.78. The normalized spacial score (nSPS) is 11.6. The van der Waals surface area contributed by atoms with Crippen LogP contribution in [-0.4, -0.2) is 15.3 Å². The van der Waals surface area contributed by atoms with Gasteiger partial charge in [-0.3, -0.25) is 20.0 Å². The Labute approximate surface area is 132 Å². The number of nitrogens with one attached hydrogen (secondary N) is 2. The van der Waals surface area contributed by atoms with Gasteiger partial charge in [-0.2, -0.15) is 13.2 Å². The number of amides is 1. The maximum Gasteiger partial charge on any atom is 0.416 e. The van der Waals surface area contributed by atoms with Crippen LogP contribution < -0.4 is 10.9 Å². The Morgan fingerprint density at radius 2 is 2.17 bits per heavy atom. The lowest BCUT2D eigenvalue weighted by Crippen LogP contribution is -2.30. The molecule has 0 radical (unpaired) electrons. The van der Waals surface area contributed by atoms with Crippen LogP contribution in [0.2, 0.25) is 0 Å². The Hall–Kier alpha value is -2.55. The summed E-state index contributed by atoms with van der Waals surface area (Å²) in [7, 11) is 0. The van der Waals surface area contributed by atoms with Crippen molar-refractivity contribution < 1.29 is 18.0 Å². The number of carbonyl (C=O) groups is 1. The van der Waals surface area contributed by atoms with Crippen molar-refractivity contribution in [3.05, 3.63) is 53.3 Å². The molecule has 0 aliphatic carbocycles. The average Bonchev–Trinajstić information content (AvgIpc) is 3.05. The number of rotatable bonds is 4. The van der Waals surface area contributed by atoms with Crippen LogP contribution in [0.4, 0.5) is 18.9 Å². The minimum Gasteiger partial charge on any atom is -0.299 e. The SMILES string of the molecule is O=C(Cc1cn2ccsc2n1)NNc1cccc(C(F)(F)F)c1. The number of halogens is 3. The van der Waals surface area contributed by atoms with E-state index in [-0.39, 0.29) is 12.1 Å². The second kappa shape index (κ2) is 5.92. The molecule has 23 heavy (non-hydrogen) atoms. The number of alkyl halides is 3. The number of hydrazine groups is 1. The fourth-order valence-electron chi connectivity index (χ4n) is 1.99. The summed E-state index contributed by atoms with van der Waals surface area (Å²) in [5.74, 6) is -0.395. The fourth-order valence-corrected chi connectivity index (χ4v) is 2.70. The molecule has 2 heterocycles. The monoisotopic (exact) mass is 340 g/mol. The van der Waals surface area contributed by atoms with Gasteiger partial charge in [0.15, 0.2) is 4.96 Å². The molecule has 0 bridgehead atoms. The average molecular weight is 340 g/mol. The molecule has 0 saturated heterocycles. The zero-order chi connectivity index (χ0) is 16.4. The number of fused-ring (bicyclic) bond motifs is 1. The summed E-state index contributed by atoms with van der Waals surface area (Å²) >= 11 is 1.45. The Balaban J connectivity index is 1.59. The minimum absolute atomic E-state index is 0.0281. The van der Waals surface area contributed by atoms with Crippen molar-refractivity contribution in [1.29, 1.82) is 0 Å². The molecule has 3 aromatic rings. The zero-order valence-electron chi connectivity index (χ0n) is 11.6. The second-order valence-electron chi connectivity index (χ2n) is 4.75. The lowest BCUT2D eigenvalue weighted by atomic mass is 10.2. The summed E-state index contributed by atoms with van der Waals surface area (Å²) in [6.45, 7) is 0. The molecule has 3 rings (SSSR count). The summed E-state index contributed by atoms with van der Waals surface area (Å²) in [5, 5.41) is 1.88. The van der Waals surface area contributed by atoms with Gasteiger partial charge >= 0.3 is 6.18 Å². The molecule has 0 spiro atoms. The minimum atomic E-state index is -4.43. The lowest BCUT2D eigenvalue weighted by molar-refractivity contribution is -0.137. The summed E-state index contributed by atoms with van der Waals surface area (Å²) in [6.07, 6.45) is -0.838. The molecule has 0 aliphatic heterocycles. The molecule has 0 aliphatic rings. The molecule has 120 valence electrons. The number of hydrogen-bond acceptors (Lipinski definition) is 4. The molecule has 1 aromatic carbocycles. The standard InChI is InChI=1S/C14H11F3N4OS/c15-14(16,17)9-2-1-3-10(6-9)19-20-12(22)7-11-8-21-4-5-23-13(21)18-11/h1-6,8,19H,7H2,(H,20,22). The van der Waals surface area contributed by atoms with Crippen LogP contribution in [0, 0.1) is 0 Å². The Kier molecular flexibility index (Phi) is 3.95. The van der Waals surface area contributed by atoms with E-state index in [2.05, 4.69) is 15.8 Å². The topological polar surface area (TPSA) is 58.4 Å². The molecule has 9 heteroatoms. The van der Waals surface area contributed by atoms with E-state index < -0.39 is 17.6 Å². The van der Waals surface area contributed by atoms with Crippen molar-refractivity contribution in [1.82, 2.24) is 14.8 Å². The van der Waals surface area contributed by atoms with E-state index in [9.17, 15) is 18.0 Å². The lowest BCUT2D eigenvalue weighted by Gasteiger charge is -2.11. The van der Waals surface area contributed by atoms with Crippen molar-refractivity contribution in [3.8, 4) is 0 Å². The third-order valence-electron chi connectivity index (χ3n) is 3.02. The maximum absolute atomic E-state index is 12.6. The number of aromatic nitrogens is 2. The number of nitrogens with zero attached hydrogens (tertiary/aromatic N) is 2. The van der Waals surface area contributed by atoms with Gasteiger partial charge in [-0.1, -0.05) is 6.07 Å². The van der Waals surface area contributed by atoms with Crippen molar-refractivity contribution >= 4 is 27.9 Å². The summed E-state index contributed by atoms with van der Waals surface area (Å²) in [4.78, 5) is 16.9.